The van der Waals surface area contributed by atoms with Crippen LogP contribution >= 0.6 is 8.75 Å². The number of aliphatic hydroxyl groups excluding tert-OH is 1. The molecule has 0 bridgehead atoms. The summed E-state index contributed by atoms with van der Waals surface area (Å²) in [6.07, 6.45) is 8.41. The second-order valence-electron chi connectivity index (χ2n) is 4.44. The Labute approximate surface area is 63.7 Å². The van der Waals surface area contributed by atoms with Crippen molar-refractivity contribution in [2.45, 2.75) is 0 Å². The summed E-state index contributed by atoms with van der Waals surface area (Å²) in [5.74, 6) is 0. The van der Waals surface area contributed by atoms with Crippen LogP contribution in [-0.4, -0.2) is 54.3 Å². The van der Waals surface area contributed by atoms with Gasteiger partial charge in [0.05, 0.1) is 0 Å². The first-order chi connectivity index (χ1) is 4.11. The zero-order valence-corrected chi connectivity index (χ0v) is 8.62. The maximum Gasteiger partial charge on any atom is 0.129 e. The van der Waals surface area contributed by atoms with Gasteiger partial charge in [0.25, 0.3) is 0 Å². The average Bonchev–Trinajstić information content (AvgIpc) is 1.59. The van der Waals surface area contributed by atoms with E-state index in [-0.39, 0.29) is 0 Å². The van der Waals surface area contributed by atoms with Gasteiger partial charge in [0, 0.05) is 0 Å². The molecule has 0 saturated heterocycles. The summed E-state index contributed by atoms with van der Waals surface area (Å²) in [6.45, 7) is 0. The fraction of sp³-hybridized carbons (Fsp3) is 0.857. The lowest BCUT2D eigenvalue weighted by atomic mass is 10.9. The minimum absolute atomic E-state index is 0.511. The van der Waals surface area contributed by atoms with Gasteiger partial charge in [-0.05, 0) is 39.1 Å². The molecule has 0 fully saturated rings. The molecule has 0 heterocycles. The van der Waals surface area contributed by atoms with Crippen molar-refractivity contribution in [1.29, 1.82) is 0 Å². The lowest BCUT2D eigenvalue weighted by Crippen LogP contribution is -2.28. The monoisotopic (exact) mass is 165 g/mol. The average molecular weight is 165 g/mol. The van der Waals surface area contributed by atoms with Crippen LogP contribution in [0.1, 0.15) is 0 Å². The second kappa shape index (κ2) is 2.32. The molecule has 0 radical (unpaired) electrons. The first-order valence-electron chi connectivity index (χ1n) is 3.18. The second-order valence-corrected chi connectivity index (χ2v) is 11.3. The standard InChI is InChI=1S/C7H19NOS/c1-8(2)7(9)10(3,4,5)6/h9H,1-6H3. The molecule has 64 valence electrons. The first kappa shape index (κ1) is 10.1. The van der Waals surface area contributed by atoms with Crippen molar-refractivity contribution >= 4 is 13.9 Å². The molecule has 0 unspecified atom stereocenters. The Morgan fingerprint density at radius 1 is 1.10 bits per heavy atom. The number of hydrogen-bond acceptors (Lipinski definition) is 0. The fourth-order valence-electron chi connectivity index (χ4n) is 0.730. The van der Waals surface area contributed by atoms with E-state index in [0.717, 1.165) is 0 Å². The highest BCUT2D eigenvalue weighted by molar-refractivity contribution is 8.45. The lowest BCUT2D eigenvalue weighted by molar-refractivity contribution is 0.440. The number of aliphatic hydroxyl groups is 1. The lowest BCUT2D eigenvalue weighted by Gasteiger charge is -2.36. The van der Waals surface area contributed by atoms with Crippen LogP contribution in [0.15, 0.2) is 0 Å². The molecule has 0 saturated carbocycles. The summed E-state index contributed by atoms with van der Waals surface area (Å²) < 4.78 is 0. The number of rotatable bonds is 0. The molecule has 0 rings (SSSR count). The van der Waals surface area contributed by atoms with E-state index < -0.39 is 8.75 Å². The maximum absolute atomic E-state index is 9.61. The van der Waals surface area contributed by atoms with E-state index in [2.05, 4.69) is 25.0 Å². The molecule has 0 aliphatic heterocycles. The van der Waals surface area contributed by atoms with Gasteiger partial charge >= 0.3 is 0 Å². The van der Waals surface area contributed by atoms with E-state index >= 15 is 0 Å². The van der Waals surface area contributed by atoms with Crippen LogP contribution < -0.4 is 0 Å². The van der Waals surface area contributed by atoms with Gasteiger partial charge in [0.2, 0.25) is 0 Å². The number of nitrogens with zero attached hydrogens (tertiary/aromatic N) is 1. The Kier molecular flexibility index (Phi) is 2.36. The van der Waals surface area contributed by atoms with Gasteiger partial charge in [-0.25, -0.2) is 8.75 Å². The normalized spacial score (nSPS) is 16.6. The quantitative estimate of drug-likeness (QED) is 0.542. The zero-order valence-electron chi connectivity index (χ0n) is 7.80. The van der Waals surface area contributed by atoms with E-state index in [0.29, 0.717) is 5.17 Å². The summed E-state index contributed by atoms with van der Waals surface area (Å²) in [5, 5.41) is 10.1. The third-order valence-corrected chi connectivity index (χ3v) is 2.94. The Morgan fingerprint density at radius 2 is 1.40 bits per heavy atom. The van der Waals surface area contributed by atoms with Gasteiger partial charge in [0.15, 0.2) is 0 Å². The molecule has 1 N–H and O–H groups in total. The van der Waals surface area contributed by atoms with Gasteiger partial charge in [-0.1, -0.05) is 0 Å². The van der Waals surface area contributed by atoms with Crippen LogP contribution in [0.2, 0.25) is 0 Å². The zero-order chi connectivity index (χ0) is 8.60. The molecule has 0 aromatic heterocycles. The van der Waals surface area contributed by atoms with Gasteiger partial charge < -0.3 is 5.11 Å². The van der Waals surface area contributed by atoms with E-state index in [1.54, 1.807) is 4.90 Å². The van der Waals surface area contributed by atoms with Gasteiger partial charge in [-0.3, -0.25) is 4.90 Å². The highest BCUT2D eigenvalue weighted by atomic mass is 32.3. The van der Waals surface area contributed by atoms with Crippen molar-refractivity contribution in [2.75, 3.05) is 39.1 Å². The van der Waals surface area contributed by atoms with E-state index in [9.17, 15) is 5.11 Å². The van der Waals surface area contributed by atoms with Crippen LogP contribution in [0.4, 0.5) is 0 Å². The van der Waals surface area contributed by atoms with Crippen LogP contribution in [-0.2, 0) is 0 Å². The van der Waals surface area contributed by atoms with Crippen LogP contribution in [0.5, 0.6) is 0 Å². The van der Waals surface area contributed by atoms with Crippen molar-refractivity contribution in [3.05, 3.63) is 0 Å². The fourth-order valence-corrected chi connectivity index (χ4v) is 2.19. The van der Waals surface area contributed by atoms with Gasteiger partial charge in [-0.15, -0.1) is 0 Å². The molecule has 0 spiro atoms. The van der Waals surface area contributed by atoms with Crippen molar-refractivity contribution in [2.24, 2.45) is 0 Å². The van der Waals surface area contributed by atoms with Gasteiger partial charge in [0.1, 0.15) is 5.17 Å². The van der Waals surface area contributed by atoms with Crippen LogP contribution in [0.3, 0.4) is 0 Å². The largest absolute Gasteiger partial charge is 0.347 e. The Hall–Kier alpha value is 0.140. The van der Waals surface area contributed by atoms with Crippen molar-refractivity contribution in [3.8, 4) is 0 Å². The minimum Gasteiger partial charge on any atom is -0.347 e. The third-order valence-electron chi connectivity index (χ3n) is 1.11. The van der Waals surface area contributed by atoms with Crippen molar-refractivity contribution in [1.82, 2.24) is 4.90 Å². The molecular formula is C7H19NOS. The van der Waals surface area contributed by atoms with Crippen molar-refractivity contribution in [3.63, 3.8) is 0 Å². The molecule has 10 heavy (non-hydrogen) atoms. The first-order valence-corrected chi connectivity index (χ1v) is 6.85. The number of hydrogen-bond donors (Lipinski definition) is 1. The smallest absolute Gasteiger partial charge is 0.129 e. The molecule has 3 heteroatoms. The molecular weight excluding hydrogens is 146 g/mol. The van der Waals surface area contributed by atoms with E-state index in [1.165, 1.54) is 0 Å². The predicted octanol–water partition coefficient (Wildman–Crippen LogP) is 1.05. The molecule has 2 nitrogen and oxygen atoms in total. The molecule has 0 aliphatic carbocycles. The Balaban J connectivity index is 5.05. The van der Waals surface area contributed by atoms with Crippen LogP contribution in [0.25, 0.3) is 0 Å². The summed E-state index contributed by atoms with van der Waals surface area (Å²) in [4.78, 5) is 1.78. The molecule has 0 aliphatic rings. The predicted molar refractivity (Wildman–Crippen MR) is 52.6 cm³/mol. The maximum atomic E-state index is 9.61. The molecule has 0 aromatic rings. The third kappa shape index (κ3) is 2.82. The molecule has 0 amide bonds. The van der Waals surface area contributed by atoms with E-state index in [4.69, 9.17) is 0 Å². The summed E-state index contributed by atoms with van der Waals surface area (Å²) in [6, 6.07) is 0. The summed E-state index contributed by atoms with van der Waals surface area (Å²) in [7, 11) is 2.08. The van der Waals surface area contributed by atoms with Crippen LogP contribution in [0, 0.1) is 0 Å². The van der Waals surface area contributed by atoms with Gasteiger partial charge in [-0.2, -0.15) is 0 Å². The minimum atomic E-state index is -1.65. The summed E-state index contributed by atoms with van der Waals surface area (Å²) >= 11 is 0. The highest BCUT2D eigenvalue weighted by Crippen LogP contribution is 2.44. The Bertz CT molecular complexity index is 176. The molecule has 0 atom stereocenters. The SMILES string of the molecule is CN(C)C(O)=S(C)(C)(C)C. The highest BCUT2D eigenvalue weighted by Gasteiger charge is 2.15. The Morgan fingerprint density at radius 3 is 1.40 bits per heavy atom. The molecule has 0 aromatic carbocycles. The van der Waals surface area contributed by atoms with Crippen molar-refractivity contribution < 1.29 is 5.11 Å². The summed E-state index contributed by atoms with van der Waals surface area (Å²) in [5.41, 5.74) is 0. The van der Waals surface area contributed by atoms with E-state index in [1.807, 2.05) is 14.1 Å². The topological polar surface area (TPSA) is 23.5 Å².